The van der Waals surface area contributed by atoms with Gasteiger partial charge in [-0.25, -0.2) is 14.6 Å². The van der Waals surface area contributed by atoms with Crippen LogP contribution in [0.1, 0.15) is 18.1 Å². The van der Waals surface area contributed by atoms with Crippen molar-refractivity contribution in [3.8, 4) is 11.6 Å². The zero-order valence-electron chi connectivity index (χ0n) is 14.4. The number of rotatable bonds is 7. The van der Waals surface area contributed by atoms with Crippen molar-refractivity contribution in [1.82, 2.24) is 25.1 Å². The summed E-state index contributed by atoms with van der Waals surface area (Å²) in [5, 5.41) is 6.93. The molecule has 0 saturated heterocycles. The molecule has 0 unspecified atom stereocenters. The van der Waals surface area contributed by atoms with Crippen LogP contribution in [0.4, 0.5) is 0 Å². The second kappa shape index (κ2) is 8.57. The topological polar surface area (TPSA) is 81.9 Å². The molecule has 0 bridgehead atoms. The van der Waals surface area contributed by atoms with E-state index in [9.17, 15) is 4.79 Å². The highest BCUT2D eigenvalue weighted by atomic mass is 16.5. The summed E-state index contributed by atoms with van der Waals surface area (Å²) in [7, 11) is 0. The van der Waals surface area contributed by atoms with Crippen molar-refractivity contribution in [2.45, 2.75) is 13.5 Å². The molecular weight excluding hydrogens is 330 g/mol. The van der Waals surface area contributed by atoms with Crippen LogP contribution in [0.2, 0.25) is 0 Å². The van der Waals surface area contributed by atoms with Gasteiger partial charge < -0.3 is 10.1 Å². The largest absolute Gasteiger partial charge is 0.494 e. The number of ether oxygens (including phenoxy) is 1. The van der Waals surface area contributed by atoms with E-state index in [1.165, 1.54) is 12.4 Å². The normalized spacial score (nSPS) is 10.8. The summed E-state index contributed by atoms with van der Waals surface area (Å²) in [5.74, 6) is 1.26. The standard InChI is InChI=1S/C19H19N5O2/c1-2-26-17-8-5-15(6-9-17)7-10-18(25)22-12-16-4-3-11-21-19(16)24-14-20-13-23-24/h3-11,13-14H,2,12H2,1H3,(H,22,25)/b10-7-. The fourth-order valence-electron chi connectivity index (χ4n) is 2.35. The maximum absolute atomic E-state index is 12.1. The van der Waals surface area contributed by atoms with E-state index in [1.54, 1.807) is 23.3 Å². The van der Waals surface area contributed by atoms with Gasteiger partial charge >= 0.3 is 0 Å². The Bertz CT molecular complexity index is 873. The Morgan fingerprint density at radius 1 is 1.27 bits per heavy atom. The highest BCUT2D eigenvalue weighted by Gasteiger charge is 2.07. The predicted octanol–water partition coefficient (Wildman–Crippen LogP) is 2.39. The summed E-state index contributed by atoms with van der Waals surface area (Å²) < 4.78 is 6.96. The molecule has 2 aromatic heterocycles. The number of pyridine rings is 1. The van der Waals surface area contributed by atoms with E-state index in [2.05, 4.69) is 20.4 Å². The molecule has 0 spiro atoms. The monoisotopic (exact) mass is 349 g/mol. The van der Waals surface area contributed by atoms with E-state index in [0.29, 0.717) is 19.0 Å². The highest BCUT2D eigenvalue weighted by molar-refractivity contribution is 5.91. The molecule has 7 nitrogen and oxygen atoms in total. The Hall–Kier alpha value is -3.48. The van der Waals surface area contributed by atoms with Gasteiger partial charge in [-0.3, -0.25) is 4.79 Å². The molecule has 0 atom stereocenters. The molecule has 132 valence electrons. The van der Waals surface area contributed by atoms with E-state index in [-0.39, 0.29) is 5.91 Å². The number of nitrogens with zero attached hydrogens (tertiary/aromatic N) is 4. The number of hydrogen-bond acceptors (Lipinski definition) is 5. The average Bonchev–Trinajstić information content (AvgIpc) is 3.21. The van der Waals surface area contributed by atoms with Crippen molar-refractivity contribution in [2.75, 3.05) is 6.61 Å². The third kappa shape index (κ3) is 4.54. The number of benzene rings is 1. The van der Waals surface area contributed by atoms with Crippen LogP contribution >= 0.6 is 0 Å². The smallest absolute Gasteiger partial charge is 0.244 e. The SMILES string of the molecule is CCOc1ccc(/C=C\C(=O)NCc2cccnc2-n2cncn2)cc1. The van der Waals surface area contributed by atoms with Crippen LogP contribution in [0.5, 0.6) is 5.75 Å². The van der Waals surface area contributed by atoms with Gasteiger partial charge in [0.2, 0.25) is 5.91 Å². The quantitative estimate of drug-likeness (QED) is 0.662. The Balaban J connectivity index is 1.59. The summed E-state index contributed by atoms with van der Waals surface area (Å²) in [6.45, 7) is 2.91. The van der Waals surface area contributed by atoms with Gasteiger partial charge in [0, 0.05) is 24.4 Å². The number of carbonyl (C=O) groups excluding carboxylic acids is 1. The fraction of sp³-hybridized carbons (Fsp3) is 0.158. The molecule has 1 N–H and O–H groups in total. The minimum Gasteiger partial charge on any atom is -0.494 e. The van der Waals surface area contributed by atoms with Crippen molar-refractivity contribution in [3.05, 3.63) is 72.5 Å². The molecule has 2 heterocycles. The summed E-state index contributed by atoms with van der Waals surface area (Å²) in [6.07, 6.45) is 7.94. The van der Waals surface area contributed by atoms with E-state index >= 15 is 0 Å². The van der Waals surface area contributed by atoms with Crippen LogP contribution in [-0.4, -0.2) is 32.3 Å². The van der Waals surface area contributed by atoms with Crippen LogP contribution in [-0.2, 0) is 11.3 Å². The van der Waals surface area contributed by atoms with Crippen molar-refractivity contribution < 1.29 is 9.53 Å². The molecule has 0 radical (unpaired) electrons. The zero-order valence-corrected chi connectivity index (χ0v) is 14.4. The lowest BCUT2D eigenvalue weighted by molar-refractivity contribution is -0.116. The lowest BCUT2D eigenvalue weighted by Crippen LogP contribution is -2.21. The number of aromatic nitrogens is 4. The van der Waals surface area contributed by atoms with Gasteiger partial charge in [-0.15, -0.1) is 0 Å². The minimum atomic E-state index is -0.188. The van der Waals surface area contributed by atoms with Crippen LogP contribution in [0, 0.1) is 0 Å². The second-order valence-corrected chi connectivity index (χ2v) is 5.38. The Labute approximate surface area is 151 Å². The molecule has 3 aromatic rings. The molecule has 0 aliphatic heterocycles. The van der Waals surface area contributed by atoms with Gasteiger partial charge in [-0.1, -0.05) is 18.2 Å². The first-order valence-corrected chi connectivity index (χ1v) is 8.24. The van der Waals surface area contributed by atoms with Crippen LogP contribution in [0.25, 0.3) is 11.9 Å². The third-order valence-electron chi connectivity index (χ3n) is 3.57. The van der Waals surface area contributed by atoms with Gasteiger partial charge in [0.1, 0.15) is 18.4 Å². The first-order chi connectivity index (χ1) is 12.8. The maximum atomic E-state index is 12.1. The van der Waals surface area contributed by atoms with Crippen LogP contribution < -0.4 is 10.1 Å². The Kier molecular flexibility index (Phi) is 5.72. The molecule has 0 saturated carbocycles. The number of nitrogens with one attached hydrogen (secondary N) is 1. The molecule has 0 fully saturated rings. The van der Waals surface area contributed by atoms with E-state index in [1.807, 2.05) is 43.3 Å². The molecule has 0 aliphatic rings. The van der Waals surface area contributed by atoms with E-state index in [4.69, 9.17) is 4.74 Å². The van der Waals surface area contributed by atoms with Crippen LogP contribution in [0.15, 0.2) is 61.3 Å². The average molecular weight is 349 g/mol. The zero-order chi connectivity index (χ0) is 18.2. The van der Waals surface area contributed by atoms with Crippen LogP contribution in [0.3, 0.4) is 0 Å². The lowest BCUT2D eigenvalue weighted by Gasteiger charge is -2.08. The Morgan fingerprint density at radius 2 is 2.12 bits per heavy atom. The maximum Gasteiger partial charge on any atom is 0.244 e. The predicted molar refractivity (Wildman–Crippen MR) is 97.6 cm³/mol. The number of hydrogen-bond donors (Lipinski definition) is 1. The lowest BCUT2D eigenvalue weighted by atomic mass is 10.2. The highest BCUT2D eigenvalue weighted by Crippen LogP contribution is 2.13. The molecule has 3 rings (SSSR count). The summed E-state index contributed by atoms with van der Waals surface area (Å²) in [4.78, 5) is 20.3. The first kappa shape index (κ1) is 17.3. The summed E-state index contributed by atoms with van der Waals surface area (Å²) >= 11 is 0. The number of amides is 1. The molecule has 1 amide bonds. The molecule has 26 heavy (non-hydrogen) atoms. The second-order valence-electron chi connectivity index (χ2n) is 5.38. The van der Waals surface area contributed by atoms with Gasteiger partial charge in [0.25, 0.3) is 0 Å². The van der Waals surface area contributed by atoms with E-state index < -0.39 is 0 Å². The molecule has 0 aliphatic carbocycles. The van der Waals surface area contributed by atoms with Gasteiger partial charge in [0.05, 0.1) is 6.61 Å². The number of carbonyl (C=O) groups is 1. The minimum absolute atomic E-state index is 0.188. The van der Waals surface area contributed by atoms with Gasteiger partial charge in [-0.05, 0) is 36.8 Å². The van der Waals surface area contributed by atoms with Gasteiger partial charge in [0.15, 0.2) is 5.82 Å². The molecule has 1 aromatic carbocycles. The van der Waals surface area contributed by atoms with E-state index in [0.717, 1.165) is 16.9 Å². The van der Waals surface area contributed by atoms with Crippen molar-refractivity contribution in [2.24, 2.45) is 0 Å². The van der Waals surface area contributed by atoms with Crippen molar-refractivity contribution in [3.63, 3.8) is 0 Å². The first-order valence-electron chi connectivity index (χ1n) is 8.24. The third-order valence-corrected chi connectivity index (χ3v) is 3.57. The van der Waals surface area contributed by atoms with Crippen molar-refractivity contribution >= 4 is 12.0 Å². The summed E-state index contributed by atoms with van der Waals surface area (Å²) in [5.41, 5.74) is 1.77. The summed E-state index contributed by atoms with van der Waals surface area (Å²) in [6, 6.07) is 11.3. The molecule has 7 heteroatoms. The van der Waals surface area contributed by atoms with Crippen molar-refractivity contribution in [1.29, 1.82) is 0 Å². The fourth-order valence-corrected chi connectivity index (χ4v) is 2.35. The molecular formula is C19H19N5O2. The van der Waals surface area contributed by atoms with Gasteiger partial charge in [-0.2, -0.15) is 5.10 Å². The Morgan fingerprint density at radius 3 is 2.85 bits per heavy atom.